The quantitative estimate of drug-likeness (QED) is 0.782. The van der Waals surface area contributed by atoms with Crippen LogP contribution in [0.25, 0.3) is 0 Å². The summed E-state index contributed by atoms with van der Waals surface area (Å²) in [6, 6.07) is -0.361. The predicted octanol–water partition coefficient (Wildman–Crippen LogP) is 4.28. The number of nitrogens with one attached hydrogen (secondary N) is 1. The summed E-state index contributed by atoms with van der Waals surface area (Å²) >= 11 is 0. The second-order valence-electron chi connectivity index (χ2n) is 8.29. The van der Waals surface area contributed by atoms with Gasteiger partial charge in [0.2, 0.25) is 5.91 Å². The predicted molar refractivity (Wildman–Crippen MR) is 103 cm³/mol. The smallest absolute Gasteiger partial charge is 0.224 e. The van der Waals surface area contributed by atoms with Crippen molar-refractivity contribution in [2.45, 2.75) is 57.7 Å². The first-order chi connectivity index (χ1) is 13.5. The first-order valence-corrected chi connectivity index (χ1v) is 10.4. The van der Waals surface area contributed by atoms with Gasteiger partial charge in [-0.15, -0.1) is 5.48 Å². The van der Waals surface area contributed by atoms with Crippen LogP contribution in [0.15, 0.2) is 47.0 Å². The molecule has 0 radical (unpaired) electrons. The summed E-state index contributed by atoms with van der Waals surface area (Å²) in [4.78, 5) is 20.5. The number of hydroxylamine groups is 1. The molecule has 0 spiro atoms. The van der Waals surface area contributed by atoms with Gasteiger partial charge in [-0.1, -0.05) is 19.1 Å². The summed E-state index contributed by atoms with van der Waals surface area (Å²) in [5.41, 5.74) is 4.34. The highest BCUT2D eigenvalue weighted by molar-refractivity contribution is 5.78. The lowest BCUT2D eigenvalue weighted by Crippen LogP contribution is -2.38. The van der Waals surface area contributed by atoms with Crippen molar-refractivity contribution in [3.05, 3.63) is 47.0 Å². The molecule has 4 nitrogen and oxygen atoms in total. The molecule has 152 valence electrons. The van der Waals surface area contributed by atoms with E-state index in [4.69, 9.17) is 4.84 Å². The zero-order chi connectivity index (χ0) is 19.7. The first-order valence-electron chi connectivity index (χ1n) is 10.4. The van der Waals surface area contributed by atoms with E-state index in [1.807, 2.05) is 11.0 Å². The molecule has 4 aliphatic rings. The van der Waals surface area contributed by atoms with Gasteiger partial charge < -0.3 is 9.74 Å². The lowest BCUT2D eigenvalue weighted by molar-refractivity contribution is -0.131. The minimum atomic E-state index is -1.41. The van der Waals surface area contributed by atoms with Gasteiger partial charge >= 0.3 is 0 Å². The van der Waals surface area contributed by atoms with Crippen molar-refractivity contribution in [2.75, 3.05) is 13.1 Å². The zero-order valence-electron chi connectivity index (χ0n) is 16.3. The third kappa shape index (κ3) is 3.79. The molecule has 1 amide bonds. The molecule has 1 fully saturated rings. The van der Waals surface area contributed by atoms with E-state index in [-0.39, 0.29) is 18.4 Å². The highest BCUT2D eigenvalue weighted by atomic mass is 19.1. The van der Waals surface area contributed by atoms with Crippen LogP contribution < -0.4 is 5.48 Å². The van der Waals surface area contributed by atoms with Crippen molar-refractivity contribution >= 4 is 5.91 Å². The van der Waals surface area contributed by atoms with Gasteiger partial charge in [0.05, 0.1) is 12.0 Å². The Morgan fingerprint density at radius 2 is 2.21 bits per heavy atom. The maximum Gasteiger partial charge on any atom is 0.224 e. The molecule has 28 heavy (non-hydrogen) atoms. The van der Waals surface area contributed by atoms with Crippen LogP contribution >= 0.6 is 0 Å². The molecule has 1 N–H and O–H groups in total. The average molecular weight is 390 g/mol. The maximum absolute atomic E-state index is 14.5. The fourth-order valence-electron chi connectivity index (χ4n) is 4.66. The van der Waals surface area contributed by atoms with Crippen LogP contribution in [0.4, 0.5) is 8.78 Å². The molecule has 0 aromatic heterocycles. The largest absolute Gasteiger partial charge is 0.412 e. The third-order valence-electron chi connectivity index (χ3n) is 6.27. The molecule has 2 aliphatic carbocycles. The van der Waals surface area contributed by atoms with E-state index in [1.165, 1.54) is 18.2 Å². The van der Waals surface area contributed by atoms with E-state index in [9.17, 15) is 13.6 Å². The number of carbonyl (C=O) groups excluding carboxylic acids is 1. The molecule has 4 unspecified atom stereocenters. The standard InChI is InChI=1S/C22H28F2N2O2/c1-14-5-4-11-26(12-10-14)20(27)13-18-22-15(6-2-9-19(22)28-25-18)21-16(23)7-3-8-17(21)24/h3,6-8,14,16,18,21,25H,2,4-5,9-13H2,1H3. The molecule has 4 atom stereocenters. The van der Waals surface area contributed by atoms with E-state index in [0.717, 1.165) is 37.9 Å². The van der Waals surface area contributed by atoms with Crippen LogP contribution in [0.2, 0.25) is 0 Å². The maximum atomic E-state index is 14.5. The summed E-state index contributed by atoms with van der Waals surface area (Å²) < 4.78 is 29.0. The Bertz CT molecular complexity index is 756. The molecule has 2 heterocycles. The summed E-state index contributed by atoms with van der Waals surface area (Å²) in [6.07, 6.45) is 9.41. The van der Waals surface area contributed by atoms with Crippen LogP contribution in [-0.4, -0.2) is 36.1 Å². The number of nitrogens with zero attached hydrogens (tertiary/aromatic N) is 1. The second kappa shape index (κ2) is 8.19. The molecule has 0 bridgehead atoms. The summed E-state index contributed by atoms with van der Waals surface area (Å²) in [6.45, 7) is 3.78. The normalized spacial score (nSPS) is 33.0. The Morgan fingerprint density at radius 3 is 3.04 bits per heavy atom. The second-order valence-corrected chi connectivity index (χ2v) is 8.29. The van der Waals surface area contributed by atoms with Crippen molar-refractivity contribution in [3.8, 4) is 0 Å². The number of hydrogen-bond acceptors (Lipinski definition) is 3. The molecule has 1 saturated heterocycles. The molecular formula is C22H28F2N2O2. The van der Waals surface area contributed by atoms with Gasteiger partial charge in [-0.3, -0.25) is 4.79 Å². The Morgan fingerprint density at radius 1 is 1.36 bits per heavy atom. The molecule has 0 aromatic rings. The van der Waals surface area contributed by atoms with Gasteiger partial charge in [0.15, 0.2) is 0 Å². The van der Waals surface area contributed by atoms with Gasteiger partial charge in [0.1, 0.15) is 17.8 Å². The Kier molecular flexibility index (Phi) is 5.67. The lowest BCUT2D eigenvalue weighted by atomic mass is 9.79. The SMILES string of the molecule is CC1CCCN(C(=O)CC2NOC3=C2C(C2C(F)=CC=CC2F)=CCC3)CC1. The van der Waals surface area contributed by atoms with Gasteiger partial charge in [-0.05, 0) is 49.3 Å². The van der Waals surface area contributed by atoms with Crippen LogP contribution in [0.5, 0.6) is 0 Å². The molecule has 0 saturated carbocycles. The Labute approximate surface area is 164 Å². The fourth-order valence-corrected chi connectivity index (χ4v) is 4.66. The third-order valence-corrected chi connectivity index (χ3v) is 6.27. The van der Waals surface area contributed by atoms with Gasteiger partial charge in [-0.2, -0.15) is 0 Å². The van der Waals surface area contributed by atoms with E-state index < -0.39 is 17.9 Å². The van der Waals surface area contributed by atoms with Crippen molar-refractivity contribution in [2.24, 2.45) is 11.8 Å². The van der Waals surface area contributed by atoms with Gasteiger partial charge in [0.25, 0.3) is 0 Å². The summed E-state index contributed by atoms with van der Waals surface area (Å²) in [5, 5.41) is 0. The monoisotopic (exact) mass is 390 g/mol. The molecular weight excluding hydrogens is 362 g/mol. The highest BCUT2D eigenvalue weighted by Gasteiger charge is 2.40. The Hall–Kier alpha value is -1.95. The summed E-state index contributed by atoms with van der Waals surface area (Å²) in [7, 11) is 0. The van der Waals surface area contributed by atoms with Crippen LogP contribution in [0.1, 0.15) is 45.4 Å². The first kappa shape index (κ1) is 19.4. The number of amides is 1. The minimum Gasteiger partial charge on any atom is -0.412 e. The van der Waals surface area contributed by atoms with Crippen molar-refractivity contribution in [1.82, 2.24) is 10.4 Å². The van der Waals surface area contributed by atoms with Gasteiger partial charge in [0, 0.05) is 31.5 Å². The van der Waals surface area contributed by atoms with Crippen LogP contribution in [0, 0.1) is 11.8 Å². The number of rotatable bonds is 3. The molecule has 0 aromatic carbocycles. The van der Waals surface area contributed by atoms with Crippen LogP contribution in [0.3, 0.4) is 0 Å². The van der Waals surface area contributed by atoms with E-state index in [1.54, 1.807) is 0 Å². The highest BCUT2D eigenvalue weighted by Crippen LogP contribution is 2.43. The molecule has 2 aliphatic heterocycles. The fraction of sp³-hybridized carbons (Fsp3) is 0.591. The van der Waals surface area contributed by atoms with Crippen molar-refractivity contribution in [3.63, 3.8) is 0 Å². The molecule has 4 rings (SSSR count). The van der Waals surface area contributed by atoms with Crippen LogP contribution in [-0.2, 0) is 9.63 Å². The van der Waals surface area contributed by atoms with Gasteiger partial charge in [-0.25, -0.2) is 8.78 Å². The Balaban J connectivity index is 1.51. The topological polar surface area (TPSA) is 41.6 Å². The van der Waals surface area contributed by atoms with E-state index in [2.05, 4.69) is 12.4 Å². The van der Waals surface area contributed by atoms with Crippen molar-refractivity contribution in [1.29, 1.82) is 0 Å². The minimum absolute atomic E-state index is 0.0743. The number of hydrogen-bond donors (Lipinski definition) is 1. The molecule has 6 heteroatoms. The average Bonchev–Trinajstić information content (AvgIpc) is 2.94. The summed E-state index contributed by atoms with van der Waals surface area (Å²) in [5.74, 6) is 0.00650. The number of alkyl halides is 1. The number of allylic oxidation sites excluding steroid dienone is 6. The number of carbonyl (C=O) groups is 1. The van der Waals surface area contributed by atoms with Crippen molar-refractivity contribution < 1.29 is 18.4 Å². The lowest BCUT2D eigenvalue weighted by Gasteiger charge is -2.28. The zero-order valence-corrected chi connectivity index (χ0v) is 16.3. The number of halogens is 2. The number of likely N-dealkylation sites (tertiary alicyclic amines) is 1. The van der Waals surface area contributed by atoms with E-state index in [0.29, 0.717) is 30.1 Å². The van der Waals surface area contributed by atoms with E-state index >= 15 is 0 Å².